The lowest BCUT2D eigenvalue weighted by Gasteiger charge is -2.13. The molecule has 3 N–H and O–H groups in total. The van der Waals surface area contributed by atoms with Crippen LogP contribution >= 0.6 is 0 Å². The van der Waals surface area contributed by atoms with Crippen LogP contribution in [-0.2, 0) is 4.79 Å². The monoisotopic (exact) mass is 209 g/mol. The van der Waals surface area contributed by atoms with Gasteiger partial charge in [-0.05, 0) is 25.5 Å². The van der Waals surface area contributed by atoms with Gasteiger partial charge in [0, 0.05) is 18.2 Å². The molecule has 0 aliphatic rings. The summed E-state index contributed by atoms with van der Waals surface area (Å²) in [7, 11) is 0. The quantitative estimate of drug-likeness (QED) is 0.726. The molecule has 0 aromatic heterocycles. The maximum atomic E-state index is 10.3. The summed E-state index contributed by atoms with van der Waals surface area (Å²) in [5.41, 5.74) is 6.22. The van der Waals surface area contributed by atoms with E-state index in [2.05, 4.69) is 0 Å². The van der Waals surface area contributed by atoms with Crippen LogP contribution in [-0.4, -0.2) is 17.2 Å². The van der Waals surface area contributed by atoms with Gasteiger partial charge in [0.05, 0.1) is 6.10 Å². The Hall–Kier alpha value is -1.71. The third-order valence-electron chi connectivity index (χ3n) is 1.96. The molecule has 0 fully saturated rings. The lowest BCUT2D eigenvalue weighted by atomic mass is 10.2. The molecule has 4 heteroatoms. The highest BCUT2D eigenvalue weighted by atomic mass is 16.5. The van der Waals surface area contributed by atoms with Gasteiger partial charge in [0.15, 0.2) is 0 Å². The Labute approximate surface area is 88.7 Å². The fraction of sp³-hybridized carbons (Fsp3) is 0.364. The zero-order chi connectivity index (χ0) is 11.3. The van der Waals surface area contributed by atoms with Crippen LogP contribution in [0.25, 0.3) is 0 Å². The van der Waals surface area contributed by atoms with Crippen LogP contribution in [0.2, 0.25) is 0 Å². The minimum Gasteiger partial charge on any atom is -0.491 e. The van der Waals surface area contributed by atoms with Crippen LogP contribution in [0.1, 0.15) is 19.8 Å². The molecule has 82 valence electrons. The highest BCUT2D eigenvalue weighted by molar-refractivity contribution is 5.66. The minimum absolute atomic E-state index is 0.115. The summed E-state index contributed by atoms with van der Waals surface area (Å²) in [5, 5.41) is 8.50. The van der Waals surface area contributed by atoms with Gasteiger partial charge in [-0.1, -0.05) is 6.07 Å². The van der Waals surface area contributed by atoms with E-state index >= 15 is 0 Å². The Kier molecular flexibility index (Phi) is 3.97. The third-order valence-corrected chi connectivity index (χ3v) is 1.96. The van der Waals surface area contributed by atoms with Gasteiger partial charge in [0.1, 0.15) is 5.75 Å². The largest absolute Gasteiger partial charge is 0.491 e. The van der Waals surface area contributed by atoms with Gasteiger partial charge in [0.2, 0.25) is 0 Å². The van der Waals surface area contributed by atoms with Crippen molar-refractivity contribution in [3.8, 4) is 5.75 Å². The van der Waals surface area contributed by atoms with Crippen molar-refractivity contribution < 1.29 is 14.6 Å². The standard InChI is InChI=1S/C11H15NO3/c1-8(5-6-11(13)14)15-10-4-2-3-9(12)7-10/h2-4,7-8H,5-6,12H2,1H3,(H,13,14). The molecule has 0 spiro atoms. The molecule has 0 saturated carbocycles. The molecule has 4 nitrogen and oxygen atoms in total. The summed E-state index contributed by atoms with van der Waals surface area (Å²) in [6.45, 7) is 1.84. The second kappa shape index (κ2) is 5.24. The van der Waals surface area contributed by atoms with Gasteiger partial charge in [0.25, 0.3) is 0 Å². The number of anilines is 1. The van der Waals surface area contributed by atoms with Crippen LogP contribution in [0.15, 0.2) is 24.3 Å². The Balaban J connectivity index is 2.44. The topological polar surface area (TPSA) is 72.5 Å². The van der Waals surface area contributed by atoms with Gasteiger partial charge in [-0.25, -0.2) is 0 Å². The maximum Gasteiger partial charge on any atom is 0.303 e. The van der Waals surface area contributed by atoms with E-state index < -0.39 is 5.97 Å². The molecule has 0 bridgehead atoms. The molecule has 0 heterocycles. The Morgan fingerprint density at radius 3 is 2.93 bits per heavy atom. The van der Waals surface area contributed by atoms with Crippen molar-refractivity contribution >= 4 is 11.7 Å². The fourth-order valence-electron chi connectivity index (χ4n) is 1.21. The van der Waals surface area contributed by atoms with E-state index in [0.717, 1.165) is 0 Å². The number of carbonyl (C=O) groups is 1. The Morgan fingerprint density at radius 2 is 2.33 bits per heavy atom. The smallest absolute Gasteiger partial charge is 0.303 e. The predicted molar refractivity (Wildman–Crippen MR) is 57.8 cm³/mol. The van der Waals surface area contributed by atoms with Crippen molar-refractivity contribution in [3.63, 3.8) is 0 Å². The average molecular weight is 209 g/mol. The maximum absolute atomic E-state index is 10.3. The number of nitrogens with two attached hydrogens (primary N) is 1. The van der Waals surface area contributed by atoms with E-state index in [0.29, 0.717) is 17.9 Å². The van der Waals surface area contributed by atoms with Gasteiger partial charge in [-0.3, -0.25) is 4.79 Å². The lowest BCUT2D eigenvalue weighted by Crippen LogP contribution is -2.13. The van der Waals surface area contributed by atoms with Crippen molar-refractivity contribution in [1.82, 2.24) is 0 Å². The predicted octanol–water partition coefficient (Wildman–Crippen LogP) is 1.90. The number of aliphatic carboxylic acids is 1. The molecular formula is C11H15NO3. The number of rotatable bonds is 5. The number of carboxylic acid groups (broad SMARTS) is 1. The highest BCUT2D eigenvalue weighted by Crippen LogP contribution is 2.17. The molecule has 0 aliphatic carbocycles. The number of ether oxygens (including phenoxy) is 1. The summed E-state index contributed by atoms with van der Waals surface area (Å²) in [4.78, 5) is 10.3. The zero-order valence-corrected chi connectivity index (χ0v) is 8.64. The van der Waals surface area contributed by atoms with Crippen molar-refractivity contribution in [3.05, 3.63) is 24.3 Å². The van der Waals surface area contributed by atoms with Crippen LogP contribution in [0.4, 0.5) is 5.69 Å². The van der Waals surface area contributed by atoms with Gasteiger partial charge < -0.3 is 15.6 Å². The zero-order valence-electron chi connectivity index (χ0n) is 8.64. The average Bonchev–Trinajstić information content (AvgIpc) is 2.15. The highest BCUT2D eigenvalue weighted by Gasteiger charge is 2.06. The second-order valence-electron chi connectivity index (χ2n) is 3.43. The molecule has 0 radical (unpaired) electrons. The normalized spacial score (nSPS) is 12.1. The molecule has 0 saturated heterocycles. The van der Waals surface area contributed by atoms with E-state index in [4.69, 9.17) is 15.6 Å². The van der Waals surface area contributed by atoms with E-state index in [9.17, 15) is 4.79 Å². The van der Waals surface area contributed by atoms with Crippen molar-refractivity contribution in [2.24, 2.45) is 0 Å². The van der Waals surface area contributed by atoms with Gasteiger partial charge in [-0.15, -0.1) is 0 Å². The number of hydrogen-bond acceptors (Lipinski definition) is 3. The van der Waals surface area contributed by atoms with Crippen molar-refractivity contribution in [1.29, 1.82) is 0 Å². The van der Waals surface area contributed by atoms with Crippen molar-refractivity contribution in [2.75, 3.05) is 5.73 Å². The number of hydrogen-bond donors (Lipinski definition) is 2. The van der Waals surface area contributed by atoms with E-state index in [1.165, 1.54) is 0 Å². The van der Waals surface area contributed by atoms with E-state index in [1.807, 2.05) is 6.92 Å². The summed E-state index contributed by atoms with van der Waals surface area (Å²) in [5.74, 6) is -0.133. The first-order chi connectivity index (χ1) is 7.08. The molecule has 1 aromatic rings. The molecule has 15 heavy (non-hydrogen) atoms. The molecule has 1 rings (SSSR count). The Bertz CT molecular complexity index is 338. The Morgan fingerprint density at radius 1 is 1.60 bits per heavy atom. The molecule has 1 atom stereocenters. The van der Waals surface area contributed by atoms with Crippen LogP contribution in [0.5, 0.6) is 5.75 Å². The number of benzene rings is 1. The fourth-order valence-corrected chi connectivity index (χ4v) is 1.21. The van der Waals surface area contributed by atoms with Gasteiger partial charge >= 0.3 is 5.97 Å². The SMILES string of the molecule is CC(CCC(=O)O)Oc1cccc(N)c1. The first kappa shape index (κ1) is 11.4. The molecular weight excluding hydrogens is 194 g/mol. The molecule has 1 unspecified atom stereocenters. The van der Waals surface area contributed by atoms with E-state index in [1.54, 1.807) is 24.3 Å². The van der Waals surface area contributed by atoms with E-state index in [-0.39, 0.29) is 12.5 Å². The lowest BCUT2D eigenvalue weighted by molar-refractivity contribution is -0.137. The molecule has 1 aromatic carbocycles. The summed E-state index contributed by atoms with van der Waals surface area (Å²) in [6.07, 6.45) is 0.482. The second-order valence-corrected chi connectivity index (χ2v) is 3.43. The molecule has 0 aliphatic heterocycles. The first-order valence-electron chi connectivity index (χ1n) is 4.82. The first-order valence-corrected chi connectivity index (χ1v) is 4.82. The third kappa shape index (κ3) is 4.35. The summed E-state index contributed by atoms with van der Waals surface area (Å²) >= 11 is 0. The minimum atomic E-state index is -0.807. The van der Waals surface area contributed by atoms with Crippen LogP contribution in [0, 0.1) is 0 Å². The molecule has 0 amide bonds. The van der Waals surface area contributed by atoms with Gasteiger partial charge in [-0.2, -0.15) is 0 Å². The van der Waals surface area contributed by atoms with Crippen LogP contribution < -0.4 is 10.5 Å². The number of carboxylic acids is 1. The summed E-state index contributed by atoms with van der Waals surface area (Å²) in [6, 6.07) is 7.09. The number of nitrogen functional groups attached to an aromatic ring is 1. The van der Waals surface area contributed by atoms with Crippen molar-refractivity contribution in [2.45, 2.75) is 25.9 Å². The summed E-state index contributed by atoms with van der Waals surface area (Å²) < 4.78 is 5.50. The van der Waals surface area contributed by atoms with Crippen LogP contribution in [0.3, 0.4) is 0 Å².